The lowest BCUT2D eigenvalue weighted by Gasteiger charge is -2.02. The first kappa shape index (κ1) is 11.7. The van der Waals surface area contributed by atoms with Gasteiger partial charge < -0.3 is 10.4 Å². The highest BCUT2D eigenvalue weighted by molar-refractivity contribution is 8.70. The molecular weight excluding hydrogens is 198 g/mol. The van der Waals surface area contributed by atoms with Crippen LogP contribution in [0.15, 0.2) is 11.5 Å². The zero-order valence-corrected chi connectivity index (χ0v) is 8.52. The van der Waals surface area contributed by atoms with Crippen LogP contribution in [0, 0.1) is 0 Å². The van der Waals surface area contributed by atoms with Crippen LogP contribution in [0.5, 0.6) is 0 Å². The van der Waals surface area contributed by atoms with E-state index >= 15 is 0 Å². The van der Waals surface area contributed by atoms with Crippen molar-refractivity contribution >= 4 is 26.5 Å². The second kappa shape index (κ2) is 5.34. The van der Waals surface area contributed by atoms with Crippen molar-refractivity contribution in [2.45, 2.75) is 0 Å². The van der Waals surface area contributed by atoms with Gasteiger partial charge in [0.1, 0.15) is 0 Å². The van der Waals surface area contributed by atoms with Crippen LogP contribution in [-0.2, 0) is 13.8 Å². The maximum atomic E-state index is 10.9. The monoisotopic (exact) mass is 211 g/mol. The van der Waals surface area contributed by atoms with Gasteiger partial charge in [-0.15, -0.1) is 11.7 Å². The normalized spacial score (nSPS) is 13.2. The van der Waals surface area contributed by atoms with Crippen molar-refractivity contribution in [1.82, 2.24) is 5.32 Å². The van der Waals surface area contributed by atoms with Crippen LogP contribution in [0.3, 0.4) is 0 Å². The Balaban J connectivity index is 3.85. The molecule has 0 rings (SSSR count). The van der Waals surface area contributed by atoms with E-state index in [4.69, 9.17) is 5.11 Å². The van der Waals surface area contributed by atoms with Crippen molar-refractivity contribution in [3.8, 4) is 0 Å². The third-order valence-corrected chi connectivity index (χ3v) is 2.02. The van der Waals surface area contributed by atoms with Crippen LogP contribution in [-0.4, -0.2) is 34.6 Å². The summed E-state index contributed by atoms with van der Waals surface area (Å²) in [6.45, 7) is 0.0913. The summed E-state index contributed by atoms with van der Waals surface area (Å²) in [5, 5.41) is 12.0. The van der Waals surface area contributed by atoms with Crippen molar-refractivity contribution in [1.29, 1.82) is 0 Å². The minimum atomic E-state index is -2.56. The van der Waals surface area contributed by atoms with E-state index in [1.54, 1.807) is 0 Å². The molecule has 0 heterocycles. The second-order valence-electron chi connectivity index (χ2n) is 2.27. The van der Waals surface area contributed by atoms with Gasteiger partial charge >= 0.3 is 0 Å². The lowest BCUT2D eigenvalue weighted by Crippen LogP contribution is -2.24. The average Bonchev–Trinajstić information content (AvgIpc) is 1.95. The molecule has 12 heavy (non-hydrogen) atoms. The lowest BCUT2D eigenvalue weighted by molar-refractivity contribution is -0.116. The first-order valence-electron chi connectivity index (χ1n) is 3.33. The van der Waals surface area contributed by atoms with E-state index in [0.29, 0.717) is 0 Å². The van der Waals surface area contributed by atoms with Crippen LogP contribution in [0.2, 0.25) is 0 Å². The van der Waals surface area contributed by atoms with Gasteiger partial charge in [0.05, 0.1) is 6.61 Å². The molecule has 6 heteroatoms. The summed E-state index contributed by atoms with van der Waals surface area (Å²) in [5.41, 5.74) is 0. The molecule has 72 valence electrons. The van der Waals surface area contributed by atoms with E-state index in [-0.39, 0.29) is 19.1 Å². The van der Waals surface area contributed by atoms with E-state index in [9.17, 15) is 9.00 Å². The first-order valence-corrected chi connectivity index (χ1v) is 6.71. The zero-order chi connectivity index (χ0) is 9.61. The standard InChI is InChI=1S/C6H13NO3S2/c1-12(10,11)5-2-6(9)7-3-4-8/h2,5,8,12H,3-4H2,1H3,(H,7,9)(H,10,11)/b5-2-. The molecule has 0 atom stereocenters. The molecule has 0 aromatic carbocycles. The van der Waals surface area contributed by atoms with Gasteiger partial charge in [-0.25, -0.2) is 0 Å². The highest BCUT2D eigenvalue weighted by Gasteiger charge is 1.96. The summed E-state index contributed by atoms with van der Waals surface area (Å²) in [7, 11) is -2.56. The van der Waals surface area contributed by atoms with Crippen LogP contribution < -0.4 is 5.32 Å². The molecular formula is C6H13NO3S2. The molecule has 0 saturated carbocycles. The number of nitrogens with one attached hydrogen (secondary N) is 1. The minimum absolute atomic E-state index is 0.107. The highest BCUT2D eigenvalue weighted by atomic mass is 33.1. The summed E-state index contributed by atoms with van der Waals surface area (Å²) in [5.74, 6) is -0.375. The van der Waals surface area contributed by atoms with Gasteiger partial charge in [-0.3, -0.25) is 9.00 Å². The number of rotatable bonds is 4. The maximum absolute atomic E-state index is 10.9. The van der Waals surface area contributed by atoms with Crippen LogP contribution >= 0.6 is 11.7 Å². The molecule has 0 bridgehead atoms. The number of carbonyl (C=O) groups excluding carboxylic acids is 1. The van der Waals surface area contributed by atoms with Gasteiger partial charge in [0, 0.05) is 18.9 Å². The van der Waals surface area contributed by atoms with Gasteiger partial charge in [0.15, 0.2) is 0 Å². The minimum Gasteiger partial charge on any atom is -0.395 e. The van der Waals surface area contributed by atoms with Gasteiger partial charge in [-0.05, 0) is 14.4 Å². The molecule has 1 amide bonds. The van der Waals surface area contributed by atoms with Crippen molar-refractivity contribution in [3.05, 3.63) is 11.5 Å². The van der Waals surface area contributed by atoms with Crippen molar-refractivity contribution in [2.24, 2.45) is 0 Å². The molecule has 0 aliphatic rings. The fraction of sp³-hybridized carbons (Fsp3) is 0.500. The predicted octanol–water partition coefficient (Wildman–Crippen LogP) is -0.900. The number of aliphatic hydroxyl groups is 1. The van der Waals surface area contributed by atoms with Gasteiger partial charge in [-0.1, -0.05) is 0 Å². The van der Waals surface area contributed by atoms with E-state index in [2.05, 4.69) is 17.0 Å². The quantitative estimate of drug-likeness (QED) is 0.277. The van der Waals surface area contributed by atoms with E-state index in [1.807, 2.05) is 0 Å². The van der Waals surface area contributed by atoms with Crippen LogP contribution in [0.1, 0.15) is 0 Å². The third-order valence-electron chi connectivity index (χ3n) is 0.914. The van der Waals surface area contributed by atoms with E-state index < -0.39 is 8.96 Å². The van der Waals surface area contributed by atoms with E-state index in [1.165, 1.54) is 11.7 Å². The average molecular weight is 211 g/mol. The lowest BCUT2D eigenvalue weighted by atomic mass is 10.5. The van der Waals surface area contributed by atoms with Crippen molar-refractivity contribution in [2.75, 3.05) is 19.4 Å². The first-order chi connectivity index (χ1) is 5.45. The van der Waals surface area contributed by atoms with Crippen LogP contribution in [0.4, 0.5) is 0 Å². The Labute approximate surface area is 77.3 Å². The molecule has 0 radical (unpaired) electrons. The second-order valence-corrected chi connectivity index (χ2v) is 6.84. The Kier molecular flexibility index (Phi) is 5.19. The zero-order valence-electron chi connectivity index (χ0n) is 6.73. The molecule has 0 fully saturated rings. The number of thiol groups is 2. The van der Waals surface area contributed by atoms with Crippen molar-refractivity contribution < 1.29 is 14.1 Å². The number of hydrogen-bond acceptors (Lipinski definition) is 3. The summed E-state index contributed by atoms with van der Waals surface area (Å²) in [6, 6.07) is 0. The Morgan fingerprint density at radius 1 is 1.75 bits per heavy atom. The molecule has 4 nitrogen and oxygen atoms in total. The highest BCUT2D eigenvalue weighted by Crippen LogP contribution is 2.04. The number of carbonyl (C=O) groups is 1. The van der Waals surface area contributed by atoms with E-state index in [0.717, 1.165) is 6.08 Å². The summed E-state index contributed by atoms with van der Waals surface area (Å²) in [4.78, 5) is 10.8. The molecule has 0 aliphatic carbocycles. The molecule has 2 N–H and O–H groups in total. The molecule has 0 aromatic heterocycles. The predicted molar refractivity (Wildman–Crippen MR) is 53.7 cm³/mol. The molecule has 0 saturated heterocycles. The number of hydrogen-bond donors (Lipinski definition) is 4. The SMILES string of the molecule is C[SH](=O)(S)/C=C\C(=O)NCCO. The Bertz CT molecular complexity index is 221. The number of amides is 1. The Hall–Kier alpha value is -0.330. The largest absolute Gasteiger partial charge is 0.395 e. The fourth-order valence-corrected chi connectivity index (χ4v) is 1.06. The third kappa shape index (κ3) is 7.77. The number of aliphatic hydroxyl groups excluding tert-OH is 1. The van der Waals surface area contributed by atoms with Crippen LogP contribution in [0.25, 0.3) is 0 Å². The summed E-state index contributed by atoms with van der Waals surface area (Å²) >= 11 is 3.76. The summed E-state index contributed by atoms with van der Waals surface area (Å²) < 4.78 is 10.9. The van der Waals surface area contributed by atoms with Gasteiger partial charge in [-0.2, -0.15) is 0 Å². The Morgan fingerprint density at radius 2 is 2.33 bits per heavy atom. The Morgan fingerprint density at radius 3 is 2.75 bits per heavy atom. The fourth-order valence-electron chi connectivity index (χ4n) is 0.444. The van der Waals surface area contributed by atoms with Gasteiger partial charge in [0.2, 0.25) is 5.91 Å². The molecule has 0 aliphatic heterocycles. The smallest absolute Gasteiger partial charge is 0.244 e. The van der Waals surface area contributed by atoms with Gasteiger partial charge in [0.25, 0.3) is 0 Å². The summed E-state index contributed by atoms with van der Waals surface area (Å²) in [6.07, 6.45) is 2.59. The topological polar surface area (TPSA) is 66.4 Å². The molecule has 0 aromatic rings. The maximum Gasteiger partial charge on any atom is 0.244 e. The molecule has 0 unspecified atom stereocenters. The van der Waals surface area contributed by atoms with Crippen molar-refractivity contribution in [3.63, 3.8) is 0 Å². The molecule has 0 spiro atoms.